The molecule has 3 heteroatoms. The zero-order valence-corrected chi connectivity index (χ0v) is 9.70. The van der Waals surface area contributed by atoms with E-state index in [2.05, 4.69) is 61.2 Å². The van der Waals surface area contributed by atoms with Crippen LogP contribution in [0, 0.1) is 0 Å². The first-order chi connectivity index (χ1) is 7.09. The van der Waals surface area contributed by atoms with Crippen LogP contribution in [0.1, 0.15) is 0 Å². The number of aromatic amines is 1. The molecular weight excluding hydrogens is 186 g/mol. The lowest BCUT2D eigenvalue weighted by Gasteiger charge is -2.13. The normalized spacial score (nSPS) is 10.7. The highest BCUT2D eigenvalue weighted by atomic mass is 15.1. The van der Waals surface area contributed by atoms with Crippen LogP contribution in [0.4, 0.5) is 11.4 Å². The van der Waals surface area contributed by atoms with Gasteiger partial charge in [0.1, 0.15) is 0 Å². The largest absolute Gasteiger partial charge is 0.378 e. The second-order valence-electron chi connectivity index (χ2n) is 4.19. The van der Waals surface area contributed by atoms with Gasteiger partial charge >= 0.3 is 0 Å². The summed E-state index contributed by atoms with van der Waals surface area (Å²) >= 11 is 0. The minimum absolute atomic E-state index is 1.19. The van der Waals surface area contributed by atoms with Gasteiger partial charge < -0.3 is 14.8 Å². The van der Waals surface area contributed by atoms with E-state index < -0.39 is 0 Å². The number of nitrogens with zero attached hydrogens (tertiary/aromatic N) is 2. The number of rotatable bonds is 2. The van der Waals surface area contributed by atoms with E-state index >= 15 is 0 Å². The quantitative estimate of drug-likeness (QED) is 0.809. The summed E-state index contributed by atoms with van der Waals surface area (Å²) in [7, 11) is 8.22. The molecule has 0 atom stereocenters. The van der Waals surface area contributed by atoms with Crippen molar-refractivity contribution in [1.82, 2.24) is 4.98 Å². The predicted octanol–water partition coefficient (Wildman–Crippen LogP) is 2.30. The average Bonchev–Trinajstić information content (AvgIpc) is 2.59. The molecule has 0 saturated heterocycles. The van der Waals surface area contributed by atoms with Gasteiger partial charge in [-0.15, -0.1) is 0 Å². The fraction of sp³-hybridized carbons (Fsp3) is 0.333. The Morgan fingerprint density at radius 1 is 1.00 bits per heavy atom. The van der Waals surface area contributed by atoms with Gasteiger partial charge in [0.15, 0.2) is 0 Å². The molecule has 0 bridgehead atoms. The first-order valence-electron chi connectivity index (χ1n) is 5.05. The number of fused-ring (bicyclic) bond motifs is 1. The van der Waals surface area contributed by atoms with Crippen LogP contribution in [0.2, 0.25) is 0 Å². The summed E-state index contributed by atoms with van der Waals surface area (Å²) in [5.74, 6) is 0. The Morgan fingerprint density at radius 2 is 1.73 bits per heavy atom. The Labute approximate surface area is 90.3 Å². The van der Waals surface area contributed by atoms with Crippen LogP contribution in [0.25, 0.3) is 10.9 Å². The van der Waals surface area contributed by atoms with E-state index in [0.29, 0.717) is 0 Å². The summed E-state index contributed by atoms with van der Waals surface area (Å²) in [4.78, 5) is 7.52. The molecule has 1 N–H and O–H groups in total. The predicted molar refractivity (Wildman–Crippen MR) is 67.0 cm³/mol. The van der Waals surface area contributed by atoms with Crippen molar-refractivity contribution in [3.63, 3.8) is 0 Å². The highest BCUT2D eigenvalue weighted by molar-refractivity contribution is 5.94. The topological polar surface area (TPSA) is 22.3 Å². The van der Waals surface area contributed by atoms with Crippen molar-refractivity contribution in [1.29, 1.82) is 0 Å². The smallest absolute Gasteiger partial charge is 0.0618 e. The third kappa shape index (κ3) is 1.65. The number of hydrogen-bond acceptors (Lipinski definition) is 2. The summed E-state index contributed by atoms with van der Waals surface area (Å²) < 4.78 is 0. The van der Waals surface area contributed by atoms with E-state index in [1.54, 1.807) is 0 Å². The first-order valence-corrected chi connectivity index (χ1v) is 5.05. The number of aromatic nitrogens is 1. The maximum Gasteiger partial charge on any atom is 0.0618 e. The first kappa shape index (κ1) is 9.90. The molecule has 15 heavy (non-hydrogen) atoms. The van der Waals surface area contributed by atoms with E-state index in [4.69, 9.17) is 0 Å². The molecule has 0 fully saturated rings. The molecule has 80 valence electrons. The molecule has 3 nitrogen and oxygen atoms in total. The van der Waals surface area contributed by atoms with Crippen LogP contribution >= 0.6 is 0 Å². The standard InChI is InChI=1S/C12H17N3/c1-14(2)9-5-6-10-11(7-9)13-8-12(10)15(3)4/h5-8,13H,1-4H3. The zero-order valence-electron chi connectivity index (χ0n) is 9.70. The average molecular weight is 203 g/mol. The van der Waals surface area contributed by atoms with Gasteiger partial charge in [0, 0.05) is 51.0 Å². The second-order valence-corrected chi connectivity index (χ2v) is 4.19. The van der Waals surface area contributed by atoms with E-state index in [-0.39, 0.29) is 0 Å². The van der Waals surface area contributed by atoms with Crippen molar-refractivity contribution in [3.8, 4) is 0 Å². The minimum Gasteiger partial charge on any atom is -0.378 e. The lowest BCUT2D eigenvalue weighted by molar-refractivity contribution is 1.13. The molecule has 0 aliphatic rings. The molecule has 0 spiro atoms. The Morgan fingerprint density at radius 3 is 2.33 bits per heavy atom. The fourth-order valence-corrected chi connectivity index (χ4v) is 1.75. The van der Waals surface area contributed by atoms with Gasteiger partial charge in [-0.05, 0) is 18.2 Å². The van der Waals surface area contributed by atoms with Gasteiger partial charge in [0.05, 0.1) is 5.69 Å². The Balaban J connectivity index is 2.57. The highest BCUT2D eigenvalue weighted by Crippen LogP contribution is 2.28. The van der Waals surface area contributed by atoms with Crippen LogP contribution in [0.15, 0.2) is 24.4 Å². The van der Waals surface area contributed by atoms with Gasteiger partial charge in [0.2, 0.25) is 0 Å². The summed E-state index contributed by atoms with van der Waals surface area (Å²) in [6.45, 7) is 0. The number of anilines is 2. The van der Waals surface area contributed by atoms with Crippen LogP contribution in [0.5, 0.6) is 0 Å². The van der Waals surface area contributed by atoms with Gasteiger partial charge in [-0.3, -0.25) is 0 Å². The Bertz CT molecular complexity index is 469. The van der Waals surface area contributed by atoms with Crippen molar-refractivity contribution < 1.29 is 0 Å². The van der Waals surface area contributed by atoms with Gasteiger partial charge in [0.25, 0.3) is 0 Å². The van der Waals surface area contributed by atoms with Crippen LogP contribution in [-0.2, 0) is 0 Å². The number of nitrogens with one attached hydrogen (secondary N) is 1. The van der Waals surface area contributed by atoms with Crippen molar-refractivity contribution in [2.24, 2.45) is 0 Å². The third-order valence-corrected chi connectivity index (χ3v) is 2.64. The van der Waals surface area contributed by atoms with E-state index in [0.717, 1.165) is 0 Å². The number of hydrogen-bond donors (Lipinski definition) is 1. The van der Waals surface area contributed by atoms with Crippen molar-refractivity contribution in [2.75, 3.05) is 38.0 Å². The van der Waals surface area contributed by atoms with E-state index in [1.165, 1.54) is 22.3 Å². The van der Waals surface area contributed by atoms with E-state index in [1.807, 2.05) is 6.20 Å². The van der Waals surface area contributed by atoms with Gasteiger partial charge in [-0.25, -0.2) is 0 Å². The van der Waals surface area contributed by atoms with Crippen molar-refractivity contribution >= 4 is 22.3 Å². The van der Waals surface area contributed by atoms with Crippen molar-refractivity contribution in [3.05, 3.63) is 24.4 Å². The SMILES string of the molecule is CN(C)c1ccc2c(N(C)C)c[nH]c2c1. The van der Waals surface area contributed by atoms with E-state index in [9.17, 15) is 0 Å². The summed E-state index contributed by atoms with van der Waals surface area (Å²) in [6.07, 6.45) is 2.05. The zero-order chi connectivity index (χ0) is 11.0. The molecular formula is C12H17N3. The maximum atomic E-state index is 3.30. The van der Waals surface area contributed by atoms with Crippen molar-refractivity contribution in [2.45, 2.75) is 0 Å². The Hall–Kier alpha value is -1.64. The molecule has 1 heterocycles. The molecule has 2 rings (SSSR count). The summed E-state index contributed by atoms with van der Waals surface area (Å²) in [6, 6.07) is 6.47. The summed E-state index contributed by atoms with van der Waals surface area (Å²) in [5, 5.41) is 1.27. The molecule has 0 aliphatic carbocycles. The molecule has 0 unspecified atom stereocenters. The second kappa shape index (κ2) is 3.50. The molecule has 1 aromatic heterocycles. The van der Waals surface area contributed by atoms with Gasteiger partial charge in [-0.1, -0.05) is 0 Å². The minimum atomic E-state index is 1.19. The number of benzene rings is 1. The van der Waals surface area contributed by atoms with Crippen LogP contribution in [-0.4, -0.2) is 33.2 Å². The molecule has 0 aliphatic heterocycles. The lowest BCUT2D eigenvalue weighted by atomic mass is 10.2. The van der Waals surface area contributed by atoms with Crippen LogP contribution < -0.4 is 9.80 Å². The molecule has 2 aromatic rings. The number of H-pyrrole nitrogens is 1. The van der Waals surface area contributed by atoms with Gasteiger partial charge in [-0.2, -0.15) is 0 Å². The molecule has 0 radical (unpaired) electrons. The molecule has 1 aromatic carbocycles. The maximum absolute atomic E-state index is 3.30. The molecule has 0 amide bonds. The lowest BCUT2D eigenvalue weighted by Crippen LogP contribution is -2.08. The highest BCUT2D eigenvalue weighted by Gasteiger charge is 2.06. The monoisotopic (exact) mass is 203 g/mol. The molecule has 0 saturated carbocycles. The third-order valence-electron chi connectivity index (χ3n) is 2.64. The Kier molecular flexibility index (Phi) is 2.31. The summed E-state index contributed by atoms with van der Waals surface area (Å²) in [5.41, 5.74) is 3.63. The van der Waals surface area contributed by atoms with Crippen LogP contribution in [0.3, 0.4) is 0 Å². The fourth-order valence-electron chi connectivity index (χ4n) is 1.75.